The van der Waals surface area contributed by atoms with Gasteiger partial charge in [-0.15, -0.1) is 0 Å². The van der Waals surface area contributed by atoms with E-state index in [4.69, 9.17) is 19.8 Å². The SMILES string of the molecule is O=P(O)(O)OP(=O)(O)OC/C=C/CO. The van der Waals surface area contributed by atoms with Gasteiger partial charge in [-0.1, -0.05) is 12.2 Å². The Morgan fingerprint density at radius 3 is 2.14 bits per heavy atom. The summed E-state index contributed by atoms with van der Waals surface area (Å²) in [5.74, 6) is 0. The maximum absolute atomic E-state index is 10.7. The molecule has 0 amide bonds. The molecule has 0 radical (unpaired) electrons. The summed E-state index contributed by atoms with van der Waals surface area (Å²) in [4.78, 5) is 25.0. The minimum Gasteiger partial charge on any atom is -0.392 e. The van der Waals surface area contributed by atoms with Crippen LogP contribution in [0.4, 0.5) is 0 Å². The Balaban J connectivity index is 4.03. The monoisotopic (exact) mass is 248 g/mol. The molecular formula is C4H10O8P2. The van der Waals surface area contributed by atoms with E-state index in [-0.39, 0.29) is 6.61 Å². The van der Waals surface area contributed by atoms with E-state index in [1.165, 1.54) is 12.2 Å². The van der Waals surface area contributed by atoms with Gasteiger partial charge >= 0.3 is 15.6 Å². The first kappa shape index (κ1) is 14.0. The zero-order valence-corrected chi connectivity index (χ0v) is 8.67. The quantitative estimate of drug-likeness (QED) is 0.373. The van der Waals surface area contributed by atoms with Crippen molar-refractivity contribution >= 4 is 15.6 Å². The van der Waals surface area contributed by atoms with Gasteiger partial charge in [0, 0.05) is 0 Å². The first-order chi connectivity index (χ1) is 6.27. The summed E-state index contributed by atoms with van der Waals surface area (Å²) in [5, 5.41) is 8.25. The van der Waals surface area contributed by atoms with Gasteiger partial charge in [0.1, 0.15) is 0 Å². The van der Waals surface area contributed by atoms with Crippen molar-refractivity contribution < 1.29 is 37.8 Å². The van der Waals surface area contributed by atoms with E-state index >= 15 is 0 Å². The van der Waals surface area contributed by atoms with Crippen molar-refractivity contribution in [2.45, 2.75) is 0 Å². The Bertz CT molecular complexity index is 279. The molecule has 0 spiro atoms. The highest BCUT2D eigenvalue weighted by atomic mass is 31.3. The predicted molar refractivity (Wildman–Crippen MR) is 45.1 cm³/mol. The highest BCUT2D eigenvalue weighted by Crippen LogP contribution is 2.57. The van der Waals surface area contributed by atoms with Crippen LogP contribution in [0, 0.1) is 0 Å². The molecule has 14 heavy (non-hydrogen) atoms. The molecule has 84 valence electrons. The molecule has 0 aromatic rings. The molecule has 0 aromatic carbocycles. The van der Waals surface area contributed by atoms with Crippen molar-refractivity contribution in [3.8, 4) is 0 Å². The van der Waals surface area contributed by atoms with Crippen molar-refractivity contribution in [1.82, 2.24) is 0 Å². The molecule has 0 heterocycles. The Morgan fingerprint density at radius 2 is 1.71 bits per heavy atom. The van der Waals surface area contributed by atoms with E-state index in [1.807, 2.05) is 0 Å². The van der Waals surface area contributed by atoms with Gasteiger partial charge in [-0.05, 0) is 0 Å². The summed E-state index contributed by atoms with van der Waals surface area (Å²) >= 11 is 0. The molecule has 1 atom stereocenters. The first-order valence-electron chi connectivity index (χ1n) is 3.27. The van der Waals surface area contributed by atoms with E-state index in [1.54, 1.807) is 0 Å². The summed E-state index contributed by atoms with van der Waals surface area (Å²) in [6.07, 6.45) is 2.41. The van der Waals surface area contributed by atoms with Crippen molar-refractivity contribution in [3.63, 3.8) is 0 Å². The molecule has 0 aliphatic rings. The average Bonchev–Trinajstić information content (AvgIpc) is 1.93. The fourth-order valence-corrected chi connectivity index (χ4v) is 1.98. The van der Waals surface area contributed by atoms with Crippen LogP contribution in [0.25, 0.3) is 0 Å². The second kappa shape index (κ2) is 5.75. The zero-order valence-electron chi connectivity index (χ0n) is 6.89. The van der Waals surface area contributed by atoms with Crippen LogP contribution in [-0.2, 0) is 18.0 Å². The minimum absolute atomic E-state index is 0.279. The van der Waals surface area contributed by atoms with Crippen LogP contribution in [0.3, 0.4) is 0 Å². The Kier molecular flexibility index (Phi) is 5.73. The second-order valence-electron chi connectivity index (χ2n) is 1.99. The summed E-state index contributed by atoms with van der Waals surface area (Å²) < 4.78 is 28.4. The fourth-order valence-electron chi connectivity index (χ4n) is 0.438. The second-order valence-corrected chi connectivity index (χ2v) is 4.82. The molecule has 0 aliphatic carbocycles. The molecular weight excluding hydrogens is 238 g/mol. The van der Waals surface area contributed by atoms with Crippen molar-refractivity contribution in [3.05, 3.63) is 12.2 Å². The van der Waals surface area contributed by atoms with Gasteiger partial charge < -0.3 is 19.8 Å². The molecule has 0 bridgehead atoms. The predicted octanol–water partition coefficient (Wildman–Crippen LogP) is -0.239. The topological polar surface area (TPSA) is 134 Å². The van der Waals surface area contributed by atoms with Crippen LogP contribution >= 0.6 is 15.6 Å². The summed E-state index contributed by atoms with van der Waals surface area (Å²) in [6, 6.07) is 0. The summed E-state index contributed by atoms with van der Waals surface area (Å²) in [5.41, 5.74) is 0. The Labute approximate surface area is 79.6 Å². The van der Waals surface area contributed by atoms with Gasteiger partial charge in [-0.2, -0.15) is 4.31 Å². The smallest absolute Gasteiger partial charge is 0.392 e. The summed E-state index contributed by atoms with van der Waals surface area (Å²) in [7, 11) is -9.80. The molecule has 0 saturated heterocycles. The number of phosphoric ester groups is 1. The number of rotatable bonds is 6. The standard InChI is InChI=1S/C4H10O8P2/c5-3-1-2-4-11-14(9,10)12-13(6,7)8/h1-2,5H,3-4H2,(H,9,10)(H2,6,7,8)/b2-1+. The van der Waals surface area contributed by atoms with Gasteiger partial charge in [0.25, 0.3) is 0 Å². The van der Waals surface area contributed by atoms with Crippen LogP contribution in [0.1, 0.15) is 0 Å². The lowest BCUT2D eigenvalue weighted by Crippen LogP contribution is -1.94. The molecule has 0 aliphatic heterocycles. The lowest BCUT2D eigenvalue weighted by atomic mass is 10.5. The molecule has 1 unspecified atom stereocenters. The Morgan fingerprint density at radius 1 is 1.14 bits per heavy atom. The van der Waals surface area contributed by atoms with Crippen molar-refractivity contribution in [2.24, 2.45) is 0 Å². The van der Waals surface area contributed by atoms with Crippen LogP contribution < -0.4 is 0 Å². The number of aliphatic hydroxyl groups is 1. The van der Waals surface area contributed by atoms with Gasteiger partial charge in [-0.3, -0.25) is 4.52 Å². The highest BCUT2D eigenvalue weighted by molar-refractivity contribution is 7.60. The van der Waals surface area contributed by atoms with E-state index in [2.05, 4.69) is 8.83 Å². The molecule has 4 N–H and O–H groups in total. The van der Waals surface area contributed by atoms with Crippen LogP contribution in [0.2, 0.25) is 0 Å². The Hall–Kier alpha value is -0.0400. The normalized spacial score (nSPS) is 17.1. The zero-order chi connectivity index (χ0) is 11.2. The van der Waals surface area contributed by atoms with Gasteiger partial charge in [-0.25, -0.2) is 9.13 Å². The maximum atomic E-state index is 10.7. The molecule has 10 heteroatoms. The van der Waals surface area contributed by atoms with Gasteiger partial charge in [0.2, 0.25) is 0 Å². The van der Waals surface area contributed by atoms with E-state index in [9.17, 15) is 9.13 Å². The summed E-state index contributed by atoms with van der Waals surface area (Å²) in [6.45, 7) is -0.688. The van der Waals surface area contributed by atoms with Crippen molar-refractivity contribution in [2.75, 3.05) is 13.2 Å². The van der Waals surface area contributed by atoms with E-state index in [0.717, 1.165) is 0 Å². The average molecular weight is 248 g/mol. The number of aliphatic hydroxyl groups excluding tert-OH is 1. The third-order valence-electron chi connectivity index (χ3n) is 0.816. The first-order valence-corrected chi connectivity index (χ1v) is 6.29. The third kappa shape index (κ3) is 8.55. The molecule has 0 fully saturated rings. The number of hydrogen-bond acceptors (Lipinski definition) is 5. The van der Waals surface area contributed by atoms with Gasteiger partial charge in [0.15, 0.2) is 0 Å². The lowest BCUT2D eigenvalue weighted by Gasteiger charge is -2.10. The van der Waals surface area contributed by atoms with Gasteiger partial charge in [0.05, 0.1) is 13.2 Å². The minimum atomic E-state index is -5.05. The van der Waals surface area contributed by atoms with E-state index < -0.39 is 22.3 Å². The van der Waals surface area contributed by atoms with Crippen LogP contribution in [0.5, 0.6) is 0 Å². The highest BCUT2D eigenvalue weighted by Gasteiger charge is 2.31. The molecule has 0 rings (SSSR count). The number of phosphoric acid groups is 2. The van der Waals surface area contributed by atoms with E-state index in [0.29, 0.717) is 0 Å². The fraction of sp³-hybridized carbons (Fsp3) is 0.500. The number of hydrogen-bond donors (Lipinski definition) is 4. The molecule has 0 saturated carbocycles. The van der Waals surface area contributed by atoms with Crippen molar-refractivity contribution in [1.29, 1.82) is 0 Å². The van der Waals surface area contributed by atoms with Crippen LogP contribution in [-0.4, -0.2) is 33.0 Å². The maximum Gasteiger partial charge on any atom is 0.481 e. The largest absolute Gasteiger partial charge is 0.481 e. The molecule has 0 aromatic heterocycles. The third-order valence-corrected chi connectivity index (χ3v) is 2.97. The van der Waals surface area contributed by atoms with Crippen LogP contribution in [0.15, 0.2) is 12.2 Å². The lowest BCUT2D eigenvalue weighted by molar-refractivity contribution is 0.191. The molecule has 8 nitrogen and oxygen atoms in total.